The van der Waals surface area contributed by atoms with Crippen molar-refractivity contribution in [2.24, 2.45) is 0 Å². The molecule has 3 unspecified atom stereocenters. The van der Waals surface area contributed by atoms with E-state index in [-0.39, 0.29) is 0 Å². The van der Waals surface area contributed by atoms with Crippen LogP contribution in [0.25, 0.3) is 0 Å². The van der Waals surface area contributed by atoms with Crippen LogP contribution in [0.4, 0.5) is 0 Å². The van der Waals surface area contributed by atoms with Crippen molar-refractivity contribution < 1.29 is 14.6 Å². The topological polar surface area (TPSA) is 50.7 Å². The highest BCUT2D eigenvalue weighted by Gasteiger charge is 2.21. The molecule has 0 aliphatic carbocycles. The smallest absolute Gasteiger partial charge is 0.0897 e. The lowest BCUT2D eigenvalue weighted by atomic mass is 10.2. The molecule has 3 atom stereocenters. The molecule has 84 valence electrons. The van der Waals surface area contributed by atoms with Crippen LogP contribution < -0.4 is 5.32 Å². The molecule has 2 N–H and O–H groups in total. The summed E-state index contributed by atoms with van der Waals surface area (Å²) in [6, 6.07) is 0. The molecule has 0 aromatic heterocycles. The molecule has 1 aliphatic heterocycles. The molecule has 0 aromatic carbocycles. The van der Waals surface area contributed by atoms with Crippen LogP contribution in [0.2, 0.25) is 0 Å². The number of hydrogen-bond donors (Lipinski definition) is 2. The molecule has 1 rings (SSSR count). The maximum atomic E-state index is 9.35. The Hall–Kier alpha value is -0.160. The second-order valence-corrected chi connectivity index (χ2v) is 3.91. The molecule has 14 heavy (non-hydrogen) atoms. The number of hydrogen-bond acceptors (Lipinski definition) is 4. The number of aliphatic hydroxyl groups is 1. The van der Waals surface area contributed by atoms with Gasteiger partial charge in [0.1, 0.15) is 0 Å². The average Bonchev–Trinajstić information content (AvgIpc) is 2.52. The van der Waals surface area contributed by atoms with E-state index in [9.17, 15) is 5.11 Å². The first-order valence-electron chi connectivity index (χ1n) is 5.25. The van der Waals surface area contributed by atoms with Crippen molar-refractivity contribution in [2.75, 3.05) is 26.8 Å². The predicted molar refractivity (Wildman–Crippen MR) is 54.3 cm³/mol. The minimum atomic E-state index is -0.418. The van der Waals surface area contributed by atoms with Crippen LogP contribution in [0.5, 0.6) is 0 Å². The van der Waals surface area contributed by atoms with Crippen LogP contribution in [0.3, 0.4) is 0 Å². The third kappa shape index (κ3) is 4.37. The molecule has 0 radical (unpaired) electrons. The fourth-order valence-electron chi connectivity index (χ4n) is 1.70. The molecule has 0 aromatic rings. The maximum absolute atomic E-state index is 9.35. The first kappa shape index (κ1) is 11.9. The SMILES string of the molecule is COCC(O)CNCC1CCC(C)O1. The zero-order valence-corrected chi connectivity index (χ0v) is 9.03. The largest absolute Gasteiger partial charge is 0.389 e. The van der Waals surface area contributed by atoms with E-state index < -0.39 is 6.10 Å². The normalized spacial score (nSPS) is 29.4. The van der Waals surface area contributed by atoms with Gasteiger partial charge < -0.3 is 19.9 Å². The van der Waals surface area contributed by atoms with Gasteiger partial charge in [-0.1, -0.05) is 0 Å². The highest BCUT2D eigenvalue weighted by atomic mass is 16.5. The average molecular weight is 203 g/mol. The Morgan fingerprint density at radius 2 is 2.36 bits per heavy atom. The Morgan fingerprint density at radius 1 is 1.57 bits per heavy atom. The van der Waals surface area contributed by atoms with Gasteiger partial charge in [0.05, 0.1) is 24.9 Å². The highest BCUT2D eigenvalue weighted by molar-refractivity contribution is 4.73. The number of nitrogens with one attached hydrogen (secondary N) is 1. The molecule has 0 bridgehead atoms. The lowest BCUT2D eigenvalue weighted by Gasteiger charge is -2.14. The van der Waals surface area contributed by atoms with Crippen LogP contribution >= 0.6 is 0 Å². The van der Waals surface area contributed by atoms with Crippen molar-refractivity contribution >= 4 is 0 Å². The summed E-state index contributed by atoms with van der Waals surface area (Å²) in [6.45, 7) is 3.88. The zero-order chi connectivity index (χ0) is 10.4. The zero-order valence-electron chi connectivity index (χ0n) is 9.03. The van der Waals surface area contributed by atoms with Gasteiger partial charge in [0.2, 0.25) is 0 Å². The number of rotatable bonds is 6. The molecule has 1 aliphatic rings. The molecule has 4 heteroatoms. The molecule has 4 nitrogen and oxygen atoms in total. The van der Waals surface area contributed by atoms with Gasteiger partial charge in [-0.3, -0.25) is 0 Å². The summed E-state index contributed by atoms with van der Waals surface area (Å²) in [5, 5.41) is 12.5. The van der Waals surface area contributed by atoms with Crippen LogP contribution in [0.1, 0.15) is 19.8 Å². The molecule has 1 saturated heterocycles. The third-order valence-corrected chi connectivity index (χ3v) is 2.43. The second-order valence-electron chi connectivity index (χ2n) is 3.91. The summed E-state index contributed by atoms with van der Waals surface area (Å²) in [6.07, 6.45) is 2.56. The van der Waals surface area contributed by atoms with E-state index in [0.29, 0.717) is 25.4 Å². The van der Waals surface area contributed by atoms with Gasteiger partial charge in [-0.05, 0) is 19.8 Å². The minimum absolute atomic E-state index is 0.319. The Morgan fingerprint density at radius 3 is 2.93 bits per heavy atom. The second kappa shape index (κ2) is 6.35. The lowest BCUT2D eigenvalue weighted by Crippen LogP contribution is -2.35. The Labute approximate surface area is 85.6 Å². The van der Waals surface area contributed by atoms with Gasteiger partial charge in [-0.15, -0.1) is 0 Å². The maximum Gasteiger partial charge on any atom is 0.0897 e. The number of methoxy groups -OCH3 is 1. The summed E-state index contributed by atoms with van der Waals surface area (Å²) in [7, 11) is 1.59. The number of ether oxygens (including phenoxy) is 2. The van der Waals surface area contributed by atoms with E-state index in [0.717, 1.165) is 19.4 Å². The van der Waals surface area contributed by atoms with Gasteiger partial charge >= 0.3 is 0 Å². The Bertz CT molecular complexity index is 154. The molecule has 0 amide bonds. The standard InChI is InChI=1S/C10H21NO3/c1-8-3-4-10(14-8)6-11-5-9(12)7-13-2/h8-12H,3-7H2,1-2H3. The summed E-state index contributed by atoms with van der Waals surface area (Å²) in [5.41, 5.74) is 0. The van der Waals surface area contributed by atoms with E-state index in [4.69, 9.17) is 9.47 Å². The molecule has 1 fully saturated rings. The summed E-state index contributed by atoms with van der Waals surface area (Å²) in [4.78, 5) is 0. The molecular formula is C10H21NO3. The van der Waals surface area contributed by atoms with Crippen LogP contribution in [-0.4, -0.2) is 50.2 Å². The van der Waals surface area contributed by atoms with Gasteiger partial charge in [0.15, 0.2) is 0 Å². The van der Waals surface area contributed by atoms with E-state index >= 15 is 0 Å². The predicted octanol–water partition coefficient (Wildman–Crippen LogP) is 0.151. The van der Waals surface area contributed by atoms with Crippen molar-refractivity contribution in [1.82, 2.24) is 5.32 Å². The van der Waals surface area contributed by atoms with Gasteiger partial charge in [0.25, 0.3) is 0 Å². The number of aliphatic hydroxyl groups excluding tert-OH is 1. The molecule has 0 saturated carbocycles. The summed E-state index contributed by atoms with van der Waals surface area (Å²) >= 11 is 0. The lowest BCUT2D eigenvalue weighted by molar-refractivity contribution is 0.0442. The minimum Gasteiger partial charge on any atom is -0.389 e. The van der Waals surface area contributed by atoms with Crippen LogP contribution in [0, 0.1) is 0 Å². The highest BCUT2D eigenvalue weighted by Crippen LogP contribution is 2.17. The van der Waals surface area contributed by atoms with Crippen molar-refractivity contribution in [3.05, 3.63) is 0 Å². The quantitative estimate of drug-likeness (QED) is 0.645. The molecular weight excluding hydrogens is 182 g/mol. The van der Waals surface area contributed by atoms with Crippen molar-refractivity contribution in [2.45, 2.75) is 38.1 Å². The Kier molecular flexibility index (Phi) is 5.40. The molecule has 0 spiro atoms. The summed E-state index contributed by atoms with van der Waals surface area (Å²) in [5.74, 6) is 0. The molecule has 1 heterocycles. The van der Waals surface area contributed by atoms with E-state index in [1.54, 1.807) is 7.11 Å². The van der Waals surface area contributed by atoms with Crippen molar-refractivity contribution in [3.63, 3.8) is 0 Å². The van der Waals surface area contributed by atoms with Crippen molar-refractivity contribution in [1.29, 1.82) is 0 Å². The van der Waals surface area contributed by atoms with Crippen molar-refractivity contribution in [3.8, 4) is 0 Å². The fourth-order valence-corrected chi connectivity index (χ4v) is 1.70. The first-order chi connectivity index (χ1) is 6.72. The van der Waals surface area contributed by atoms with Crippen LogP contribution in [0.15, 0.2) is 0 Å². The Balaban J connectivity index is 1.98. The summed E-state index contributed by atoms with van der Waals surface area (Å²) < 4.78 is 10.4. The van der Waals surface area contributed by atoms with E-state index in [1.807, 2.05) is 0 Å². The third-order valence-electron chi connectivity index (χ3n) is 2.43. The van der Waals surface area contributed by atoms with Gasteiger partial charge in [0, 0.05) is 20.2 Å². The van der Waals surface area contributed by atoms with E-state index in [1.165, 1.54) is 0 Å². The van der Waals surface area contributed by atoms with E-state index in [2.05, 4.69) is 12.2 Å². The monoisotopic (exact) mass is 203 g/mol. The fraction of sp³-hybridized carbons (Fsp3) is 1.00. The van der Waals surface area contributed by atoms with Crippen LogP contribution in [-0.2, 0) is 9.47 Å². The van der Waals surface area contributed by atoms with Gasteiger partial charge in [-0.25, -0.2) is 0 Å². The first-order valence-corrected chi connectivity index (χ1v) is 5.25. The van der Waals surface area contributed by atoms with Gasteiger partial charge in [-0.2, -0.15) is 0 Å².